The largest absolute Gasteiger partial charge is 0.493 e. The number of carbonyl (C=O) groups is 1. The van der Waals surface area contributed by atoms with Crippen LogP contribution in [-0.2, 0) is 11.3 Å². The summed E-state index contributed by atoms with van der Waals surface area (Å²) in [5, 5.41) is 8.69. The molecule has 116 valence electrons. The normalized spacial score (nSPS) is 15.8. The molecule has 0 atom stereocenters. The van der Waals surface area contributed by atoms with E-state index in [2.05, 4.69) is 9.64 Å². The van der Waals surface area contributed by atoms with E-state index < -0.39 is 12.6 Å². The zero-order chi connectivity index (χ0) is 15.4. The van der Waals surface area contributed by atoms with Gasteiger partial charge in [0.25, 0.3) is 0 Å². The third kappa shape index (κ3) is 4.29. The fraction of sp³-hybridized carbons (Fsp3) is 0.500. The Labute approximate surface area is 121 Å². The smallest absolute Gasteiger partial charge is 0.387 e. The van der Waals surface area contributed by atoms with Crippen LogP contribution in [0.3, 0.4) is 0 Å². The van der Waals surface area contributed by atoms with Crippen LogP contribution in [-0.4, -0.2) is 42.8 Å². The van der Waals surface area contributed by atoms with Crippen LogP contribution >= 0.6 is 0 Å². The summed E-state index contributed by atoms with van der Waals surface area (Å²) >= 11 is 0. The molecule has 0 spiro atoms. The second kappa shape index (κ2) is 6.71. The van der Waals surface area contributed by atoms with Gasteiger partial charge in [0.05, 0.1) is 13.5 Å². The molecule has 0 bridgehead atoms. The van der Waals surface area contributed by atoms with Crippen LogP contribution in [0, 0.1) is 5.92 Å². The van der Waals surface area contributed by atoms with Crippen molar-refractivity contribution in [3.05, 3.63) is 23.8 Å². The predicted octanol–water partition coefficient (Wildman–Crippen LogP) is 2.20. The average molecular weight is 301 g/mol. The topological polar surface area (TPSA) is 59.0 Å². The van der Waals surface area contributed by atoms with Gasteiger partial charge in [0.1, 0.15) is 0 Å². The monoisotopic (exact) mass is 301 g/mol. The first-order chi connectivity index (χ1) is 9.97. The molecule has 0 saturated carbocycles. The number of carboxylic acids is 1. The summed E-state index contributed by atoms with van der Waals surface area (Å²) in [7, 11) is 1.39. The lowest BCUT2D eigenvalue weighted by atomic mass is 9.96. The number of aliphatic carboxylic acids is 1. The summed E-state index contributed by atoms with van der Waals surface area (Å²) in [6.07, 6.45) is 0.182. The highest BCUT2D eigenvalue weighted by atomic mass is 19.3. The molecule has 1 saturated heterocycles. The maximum atomic E-state index is 12.2. The first-order valence-electron chi connectivity index (χ1n) is 6.53. The molecule has 1 N–H and O–H groups in total. The molecule has 1 aromatic carbocycles. The number of hydrogen-bond acceptors (Lipinski definition) is 4. The molecule has 1 heterocycles. The number of hydrogen-bond donors (Lipinski definition) is 1. The Kier molecular flexibility index (Phi) is 4.95. The molecule has 1 aromatic rings. The summed E-state index contributed by atoms with van der Waals surface area (Å²) < 4.78 is 33.8. The van der Waals surface area contributed by atoms with Crippen LogP contribution in [0.4, 0.5) is 8.78 Å². The van der Waals surface area contributed by atoms with Gasteiger partial charge in [-0.05, 0) is 23.6 Å². The fourth-order valence-corrected chi connectivity index (χ4v) is 2.44. The van der Waals surface area contributed by atoms with Gasteiger partial charge in [0.2, 0.25) is 0 Å². The van der Waals surface area contributed by atoms with Crippen LogP contribution < -0.4 is 9.47 Å². The fourth-order valence-electron chi connectivity index (χ4n) is 2.44. The van der Waals surface area contributed by atoms with Crippen LogP contribution in [0.5, 0.6) is 11.5 Å². The quantitative estimate of drug-likeness (QED) is 0.836. The summed E-state index contributed by atoms with van der Waals surface area (Å²) in [6, 6.07) is 4.81. The van der Waals surface area contributed by atoms with Crippen molar-refractivity contribution in [2.24, 2.45) is 5.92 Å². The van der Waals surface area contributed by atoms with Gasteiger partial charge in [-0.1, -0.05) is 6.07 Å². The first kappa shape index (κ1) is 15.5. The Morgan fingerprint density at radius 2 is 2.14 bits per heavy atom. The Hall–Kier alpha value is -1.89. The van der Waals surface area contributed by atoms with Crippen molar-refractivity contribution in [3.8, 4) is 11.5 Å². The van der Waals surface area contributed by atoms with E-state index in [4.69, 9.17) is 9.84 Å². The van der Waals surface area contributed by atoms with E-state index >= 15 is 0 Å². The van der Waals surface area contributed by atoms with Gasteiger partial charge in [0.15, 0.2) is 11.5 Å². The maximum absolute atomic E-state index is 12.2. The average Bonchev–Trinajstić information content (AvgIpc) is 2.36. The maximum Gasteiger partial charge on any atom is 0.387 e. The van der Waals surface area contributed by atoms with E-state index in [0.29, 0.717) is 6.54 Å². The standard InChI is InChI=1S/C14H17F2NO4/c1-20-12-4-9(2-3-11(12)21-14(15)16)6-17-7-10(8-17)5-13(18)19/h2-4,10,14H,5-8H2,1H3,(H,18,19). The number of alkyl halides is 2. The van der Waals surface area contributed by atoms with Gasteiger partial charge >= 0.3 is 12.6 Å². The molecule has 0 unspecified atom stereocenters. The van der Waals surface area contributed by atoms with Crippen molar-refractivity contribution in [2.75, 3.05) is 20.2 Å². The second-order valence-electron chi connectivity index (χ2n) is 5.02. The number of likely N-dealkylation sites (tertiary alicyclic amines) is 1. The Morgan fingerprint density at radius 3 is 2.71 bits per heavy atom. The molecule has 0 radical (unpaired) electrons. The lowest BCUT2D eigenvalue weighted by Gasteiger charge is -2.38. The molecule has 2 rings (SSSR count). The van der Waals surface area contributed by atoms with E-state index in [-0.39, 0.29) is 23.8 Å². The minimum Gasteiger partial charge on any atom is -0.493 e. The zero-order valence-corrected chi connectivity index (χ0v) is 11.6. The number of methoxy groups -OCH3 is 1. The third-order valence-corrected chi connectivity index (χ3v) is 3.35. The number of ether oxygens (including phenoxy) is 2. The third-order valence-electron chi connectivity index (χ3n) is 3.35. The predicted molar refractivity (Wildman–Crippen MR) is 70.6 cm³/mol. The van der Waals surface area contributed by atoms with Crippen molar-refractivity contribution in [2.45, 2.75) is 19.6 Å². The van der Waals surface area contributed by atoms with Gasteiger partial charge in [-0.2, -0.15) is 8.78 Å². The highest BCUT2D eigenvalue weighted by Gasteiger charge is 2.28. The van der Waals surface area contributed by atoms with E-state index in [1.165, 1.54) is 13.2 Å². The minimum atomic E-state index is -2.89. The van der Waals surface area contributed by atoms with E-state index in [1.54, 1.807) is 12.1 Å². The number of benzene rings is 1. The Balaban J connectivity index is 1.91. The molecular formula is C14H17F2NO4. The van der Waals surface area contributed by atoms with E-state index in [1.807, 2.05) is 0 Å². The Bertz CT molecular complexity index is 504. The highest BCUT2D eigenvalue weighted by Crippen LogP contribution is 2.31. The molecule has 0 aromatic heterocycles. The second-order valence-corrected chi connectivity index (χ2v) is 5.02. The molecule has 21 heavy (non-hydrogen) atoms. The van der Waals surface area contributed by atoms with Gasteiger partial charge < -0.3 is 14.6 Å². The summed E-state index contributed by atoms with van der Waals surface area (Å²) in [5.41, 5.74) is 0.905. The molecule has 7 heteroatoms. The SMILES string of the molecule is COc1cc(CN2CC(CC(=O)O)C2)ccc1OC(F)F. The van der Waals surface area contributed by atoms with Gasteiger partial charge in [0, 0.05) is 19.6 Å². The van der Waals surface area contributed by atoms with E-state index in [9.17, 15) is 13.6 Å². The van der Waals surface area contributed by atoms with Gasteiger partial charge in [-0.3, -0.25) is 9.69 Å². The van der Waals surface area contributed by atoms with Crippen molar-refractivity contribution in [1.29, 1.82) is 0 Å². The molecule has 5 nitrogen and oxygen atoms in total. The molecule has 0 amide bonds. The summed E-state index contributed by atoms with van der Waals surface area (Å²) in [5.74, 6) is -0.334. The van der Waals surface area contributed by atoms with Crippen molar-refractivity contribution < 1.29 is 28.2 Å². The molecule has 1 fully saturated rings. The van der Waals surface area contributed by atoms with Crippen LogP contribution in [0.25, 0.3) is 0 Å². The van der Waals surface area contributed by atoms with E-state index in [0.717, 1.165) is 18.7 Å². The zero-order valence-electron chi connectivity index (χ0n) is 11.6. The van der Waals surface area contributed by atoms with Crippen LogP contribution in [0.2, 0.25) is 0 Å². The number of halogens is 2. The molecule has 0 aliphatic carbocycles. The number of nitrogens with zero attached hydrogens (tertiary/aromatic N) is 1. The lowest BCUT2D eigenvalue weighted by molar-refractivity contribution is -0.139. The molecular weight excluding hydrogens is 284 g/mol. The van der Waals surface area contributed by atoms with Crippen LogP contribution in [0.15, 0.2) is 18.2 Å². The van der Waals surface area contributed by atoms with Crippen molar-refractivity contribution in [3.63, 3.8) is 0 Å². The first-order valence-corrected chi connectivity index (χ1v) is 6.53. The van der Waals surface area contributed by atoms with Crippen molar-refractivity contribution >= 4 is 5.97 Å². The van der Waals surface area contributed by atoms with Gasteiger partial charge in [-0.15, -0.1) is 0 Å². The highest BCUT2D eigenvalue weighted by molar-refractivity contribution is 5.67. The van der Waals surface area contributed by atoms with Crippen molar-refractivity contribution in [1.82, 2.24) is 4.90 Å². The van der Waals surface area contributed by atoms with Gasteiger partial charge in [-0.25, -0.2) is 0 Å². The number of carboxylic acid groups (broad SMARTS) is 1. The van der Waals surface area contributed by atoms with Crippen LogP contribution in [0.1, 0.15) is 12.0 Å². The lowest BCUT2D eigenvalue weighted by Crippen LogP contribution is -2.46. The Morgan fingerprint density at radius 1 is 1.43 bits per heavy atom. The number of rotatable bonds is 7. The molecule has 1 aliphatic heterocycles. The molecule has 1 aliphatic rings. The minimum absolute atomic E-state index is 0.00335. The summed E-state index contributed by atoms with van der Waals surface area (Å²) in [4.78, 5) is 12.7. The summed E-state index contributed by atoms with van der Waals surface area (Å²) in [6.45, 7) is -0.813.